The summed E-state index contributed by atoms with van der Waals surface area (Å²) < 4.78 is 14.5. The number of hydrogen-bond acceptors (Lipinski definition) is 4. The highest BCUT2D eigenvalue weighted by atomic mass is 19.1. The molecule has 1 amide bonds. The summed E-state index contributed by atoms with van der Waals surface area (Å²) in [6.45, 7) is 3.66. The summed E-state index contributed by atoms with van der Waals surface area (Å²) in [5.41, 5.74) is 1.23. The zero-order chi connectivity index (χ0) is 17.7. The Kier molecular flexibility index (Phi) is 5.62. The summed E-state index contributed by atoms with van der Waals surface area (Å²) in [5, 5.41) is 19.2. The Labute approximate surface area is 138 Å². The maximum atomic E-state index is 13.2. The Morgan fingerprint density at radius 2 is 2.17 bits per heavy atom. The van der Waals surface area contributed by atoms with Gasteiger partial charge in [0.25, 0.3) is 5.91 Å². The number of hydrogen-bond donors (Lipinski definition) is 2. The molecule has 1 unspecified atom stereocenters. The maximum absolute atomic E-state index is 13.2. The lowest BCUT2D eigenvalue weighted by atomic mass is 10.1. The van der Waals surface area contributed by atoms with Crippen LogP contribution in [0, 0.1) is 12.7 Å². The van der Waals surface area contributed by atoms with Crippen molar-refractivity contribution in [2.45, 2.75) is 39.2 Å². The van der Waals surface area contributed by atoms with Crippen molar-refractivity contribution in [2.24, 2.45) is 0 Å². The van der Waals surface area contributed by atoms with Crippen molar-refractivity contribution < 1.29 is 19.1 Å². The fraction of sp³-hybridized carbons (Fsp3) is 0.375. The first-order chi connectivity index (χ1) is 11.4. The molecule has 1 aromatic carbocycles. The number of carbonyl (C=O) groups excluding carboxylic acids is 1. The second-order valence-electron chi connectivity index (χ2n) is 5.49. The number of carboxylic acid groups (broad SMARTS) is 1. The molecular weight excluding hydrogens is 315 g/mol. The number of unbranched alkanes of at least 4 members (excludes halogenated alkanes) is 1. The summed E-state index contributed by atoms with van der Waals surface area (Å²) in [6.07, 6.45) is 3.26. The first kappa shape index (κ1) is 17.6. The van der Waals surface area contributed by atoms with Gasteiger partial charge in [-0.2, -0.15) is 0 Å². The van der Waals surface area contributed by atoms with Gasteiger partial charge in [-0.25, -0.2) is 13.9 Å². The minimum Gasteiger partial charge on any atom is -0.480 e. The first-order valence-electron chi connectivity index (χ1n) is 7.65. The molecule has 1 heterocycles. The number of halogens is 1. The zero-order valence-electron chi connectivity index (χ0n) is 13.5. The highest BCUT2D eigenvalue weighted by Gasteiger charge is 2.22. The summed E-state index contributed by atoms with van der Waals surface area (Å²) >= 11 is 0. The molecule has 0 saturated carbocycles. The van der Waals surface area contributed by atoms with Crippen molar-refractivity contribution in [3.63, 3.8) is 0 Å². The van der Waals surface area contributed by atoms with E-state index in [9.17, 15) is 14.0 Å². The van der Waals surface area contributed by atoms with Crippen molar-refractivity contribution in [1.82, 2.24) is 20.3 Å². The number of aliphatic carboxylic acids is 1. The van der Waals surface area contributed by atoms with Gasteiger partial charge in [0.1, 0.15) is 11.9 Å². The van der Waals surface area contributed by atoms with E-state index in [-0.39, 0.29) is 11.5 Å². The number of amides is 1. The number of rotatable bonds is 7. The molecular formula is C16H19FN4O3. The molecule has 24 heavy (non-hydrogen) atoms. The van der Waals surface area contributed by atoms with Gasteiger partial charge < -0.3 is 10.4 Å². The fourth-order valence-corrected chi connectivity index (χ4v) is 2.26. The number of aromatic nitrogens is 3. The lowest BCUT2D eigenvalue weighted by Crippen LogP contribution is -2.40. The normalized spacial score (nSPS) is 12.0. The number of nitrogens with one attached hydrogen (secondary N) is 1. The largest absolute Gasteiger partial charge is 0.480 e. The van der Waals surface area contributed by atoms with Crippen LogP contribution in [0.4, 0.5) is 4.39 Å². The van der Waals surface area contributed by atoms with E-state index in [4.69, 9.17) is 5.11 Å². The van der Waals surface area contributed by atoms with Gasteiger partial charge in [-0.3, -0.25) is 4.79 Å². The minimum absolute atomic E-state index is 0.00136. The lowest BCUT2D eigenvalue weighted by Gasteiger charge is -2.12. The Morgan fingerprint density at radius 1 is 1.42 bits per heavy atom. The molecule has 0 aliphatic rings. The molecule has 0 aliphatic heterocycles. The Bertz CT molecular complexity index is 745. The van der Waals surface area contributed by atoms with E-state index in [1.165, 1.54) is 29.1 Å². The lowest BCUT2D eigenvalue weighted by molar-refractivity contribution is -0.139. The van der Waals surface area contributed by atoms with Crippen LogP contribution in [0.3, 0.4) is 0 Å². The minimum atomic E-state index is -1.08. The number of carbonyl (C=O) groups is 2. The van der Waals surface area contributed by atoms with E-state index in [0.717, 1.165) is 6.42 Å². The average Bonchev–Trinajstić information content (AvgIpc) is 3.00. The smallest absolute Gasteiger partial charge is 0.326 e. The zero-order valence-corrected chi connectivity index (χ0v) is 13.5. The van der Waals surface area contributed by atoms with Crippen molar-refractivity contribution in [3.8, 4) is 5.69 Å². The second-order valence-corrected chi connectivity index (χ2v) is 5.49. The third kappa shape index (κ3) is 4.15. The van der Waals surface area contributed by atoms with Gasteiger partial charge in [-0.15, -0.1) is 5.10 Å². The van der Waals surface area contributed by atoms with Crippen LogP contribution in [0.15, 0.2) is 24.4 Å². The molecule has 0 bridgehead atoms. The average molecular weight is 334 g/mol. The van der Waals surface area contributed by atoms with Gasteiger partial charge in [-0.05, 0) is 37.1 Å². The van der Waals surface area contributed by atoms with E-state index >= 15 is 0 Å². The summed E-state index contributed by atoms with van der Waals surface area (Å²) in [6, 6.07) is 3.20. The molecule has 0 radical (unpaired) electrons. The monoisotopic (exact) mass is 334 g/mol. The van der Waals surface area contributed by atoms with Crippen molar-refractivity contribution >= 4 is 11.9 Å². The summed E-state index contributed by atoms with van der Waals surface area (Å²) in [7, 11) is 0. The topological polar surface area (TPSA) is 97.1 Å². The SMILES string of the molecule is CCCCC(NC(=O)c1cn(-c2ccc(F)cc2C)nn1)C(=O)O. The molecule has 0 saturated heterocycles. The van der Waals surface area contributed by atoms with Crippen LogP contribution in [-0.2, 0) is 4.79 Å². The highest BCUT2D eigenvalue weighted by molar-refractivity contribution is 5.94. The molecule has 2 N–H and O–H groups in total. The number of aryl methyl sites for hydroxylation is 1. The number of benzene rings is 1. The van der Waals surface area contributed by atoms with Gasteiger partial charge >= 0.3 is 5.97 Å². The van der Waals surface area contributed by atoms with E-state index in [2.05, 4.69) is 15.6 Å². The van der Waals surface area contributed by atoms with Gasteiger partial charge in [0.2, 0.25) is 0 Å². The van der Waals surface area contributed by atoms with Gasteiger partial charge in [0.15, 0.2) is 5.69 Å². The molecule has 1 atom stereocenters. The van der Waals surface area contributed by atoms with Crippen molar-refractivity contribution in [2.75, 3.05) is 0 Å². The fourth-order valence-electron chi connectivity index (χ4n) is 2.26. The second kappa shape index (κ2) is 7.67. The van der Waals surface area contributed by atoms with Crippen LogP contribution in [0.5, 0.6) is 0 Å². The van der Waals surface area contributed by atoms with Crippen molar-refractivity contribution in [1.29, 1.82) is 0 Å². The van der Waals surface area contributed by atoms with Crippen molar-refractivity contribution in [3.05, 3.63) is 41.5 Å². The van der Waals surface area contributed by atoms with E-state index in [1.54, 1.807) is 6.92 Å². The van der Waals surface area contributed by atoms with Crippen LogP contribution >= 0.6 is 0 Å². The standard InChI is InChI=1S/C16H19FN4O3/c1-3-4-5-12(16(23)24)18-15(22)13-9-21(20-19-13)14-7-6-11(17)8-10(14)2/h6-9,12H,3-5H2,1-2H3,(H,18,22)(H,23,24). The van der Waals surface area contributed by atoms with Crippen LogP contribution in [0.25, 0.3) is 5.69 Å². The van der Waals surface area contributed by atoms with Crippen LogP contribution in [-0.4, -0.2) is 38.0 Å². The third-order valence-electron chi connectivity index (χ3n) is 3.58. The van der Waals surface area contributed by atoms with E-state index < -0.39 is 17.9 Å². The van der Waals surface area contributed by atoms with Crippen LogP contribution < -0.4 is 5.32 Å². The third-order valence-corrected chi connectivity index (χ3v) is 3.58. The Morgan fingerprint density at radius 3 is 2.79 bits per heavy atom. The predicted molar refractivity (Wildman–Crippen MR) is 84.5 cm³/mol. The number of carboxylic acids is 1. The molecule has 0 spiro atoms. The number of nitrogens with zero attached hydrogens (tertiary/aromatic N) is 3. The molecule has 0 fully saturated rings. The summed E-state index contributed by atoms with van der Waals surface area (Å²) in [4.78, 5) is 23.3. The molecule has 2 rings (SSSR count). The molecule has 128 valence electrons. The highest BCUT2D eigenvalue weighted by Crippen LogP contribution is 2.14. The van der Waals surface area contributed by atoms with Gasteiger partial charge in [-0.1, -0.05) is 25.0 Å². The molecule has 2 aromatic rings. The molecule has 7 nitrogen and oxygen atoms in total. The Balaban J connectivity index is 2.14. The summed E-state index contributed by atoms with van der Waals surface area (Å²) in [5.74, 6) is -2.06. The Hall–Kier alpha value is -2.77. The quantitative estimate of drug-likeness (QED) is 0.808. The maximum Gasteiger partial charge on any atom is 0.326 e. The van der Waals surface area contributed by atoms with E-state index in [0.29, 0.717) is 24.1 Å². The van der Waals surface area contributed by atoms with Crippen LogP contribution in [0.1, 0.15) is 42.2 Å². The van der Waals surface area contributed by atoms with Gasteiger partial charge in [0.05, 0.1) is 11.9 Å². The molecule has 8 heteroatoms. The first-order valence-corrected chi connectivity index (χ1v) is 7.65. The molecule has 0 aliphatic carbocycles. The van der Waals surface area contributed by atoms with E-state index in [1.807, 2.05) is 6.92 Å². The molecule has 1 aromatic heterocycles. The predicted octanol–water partition coefficient (Wildman–Crippen LogP) is 2.09. The van der Waals surface area contributed by atoms with Gasteiger partial charge in [0, 0.05) is 0 Å². The van der Waals surface area contributed by atoms with Crippen LogP contribution in [0.2, 0.25) is 0 Å².